The summed E-state index contributed by atoms with van der Waals surface area (Å²) in [6.07, 6.45) is -1.28. The van der Waals surface area contributed by atoms with E-state index in [1.807, 2.05) is 50.2 Å². The van der Waals surface area contributed by atoms with Crippen molar-refractivity contribution in [3.8, 4) is 5.88 Å². The Morgan fingerprint density at radius 3 is 2.69 bits per heavy atom. The lowest BCUT2D eigenvalue weighted by Gasteiger charge is -2.21. The summed E-state index contributed by atoms with van der Waals surface area (Å²) < 4.78 is 7.00. The van der Waals surface area contributed by atoms with Crippen molar-refractivity contribution in [2.45, 2.75) is 33.4 Å². The van der Waals surface area contributed by atoms with Crippen molar-refractivity contribution < 1.29 is 14.3 Å². The average molecular weight is 482 g/mol. The lowest BCUT2D eigenvalue weighted by atomic mass is 9.96. The Balaban J connectivity index is 1.37. The number of rotatable bonds is 3. The Morgan fingerprint density at radius 2 is 1.89 bits per heavy atom. The SMILES string of the molecule is Cc1cc2c3c(c1)C(c1ccccc1)=N[C@@H](NC(=O)Oc1nnc4cc(C)nn4c1C)C(=O)N3CC2. The molecule has 10 nitrogen and oxygen atoms in total. The molecule has 0 fully saturated rings. The largest absolute Gasteiger partial charge is 0.416 e. The maximum absolute atomic E-state index is 13.6. The van der Waals surface area contributed by atoms with E-state index in [4.69, 9.17) is 9.73 Å². The molecular weight excluding hydrogens is 458 g/mol. The van der Waals surface area contributed by atoms with Gasteiger partial charge in [0.05, 0.1) is 17.1 Å². The van der Waals surface area contributed by atoms with Gasteiger partial charge in [-0.05, 0) is 38.8 Å². The Kier molecular flexibility index (Phi) is 5.03. The molecule has 0 bridgehead atoms. The molecule has 4 aromatic rings. The van der Waals surface area contributed by atoms with Crippen LogP contribution in [0.5, 0.6) is 5.88 Å². The van der Waals surface area contributed by atoms with Crippen LogP contribution in [-0.2, 0) is 11.2 Å². The molecule has 0 radical (unpaired) electrons. The summed E-state index contributed by atoms with van der Waals surface area (Å²) in [5.74, 6) is -0.318. The van der Waals surface area contributed by atoms with Crippen LogP contribution in [0, 0.1) is 20.8 Å². The number of benzene rings is 2. The summed E-state index contributed by atoms with van der Waals surface area (Å²) in [6, 6.07) is 15.6. The van der Waals surface area contributed by atoms with Gasteiger partial charge in [0, 0.05) is 23.7 Å². The first-order chi connectivity index (χ1) is 17.4. The zero-order valence-corrected chi connectivity index (χ0v) is 20.0. The molecule has 0 unspecified atom stereocenters. The number of aromatic nitrogens is 4. The molecule has 36 heavy (non-hydrogen) atoms. The lowest BCUT2D eigenvalue weighted by molar-refractivity contribution is -0.120. The molecular formula is C26H23N7O3. The molecule has 6 rings (SSSR count). The predicted octanol–water partition coefficient (Wildman–Crippen LogP) is 2.90. The number of aryl methyl sites for hydroxylation is 3. The number of carbonyl (C=O) groups is 2. The third-order valence-corrected chi connectivity index (χ3v) is 6.40. The highest BCUT2D eigenvalue weighted by Crippen LogP contribution is 2.37. The van der Waals surface area contributed by atoms with Crippen LogP contribution in [0.25, 0.3) is 5.65 Å². The molecule has 0 aliphatic carbocycles. The second-order valence-corrected chi connectivity index (χ2v) is 8.99. The van der Waals surface area contributed by atoms with Gasteiger partial charge < -0.3 is 9.64 Å². The van der Waals surface area contributed by atoms with Crippen molar-refractivity contribution in [2.24, 2.45) is 4.99 Å². The van der Waals surface area contributed by atoms with Crippen molar-refractivity contribution in [1.29, 1.82) is 0 Å². The van der Waals surface area contributed by atoms with Gasteiger partial charge in [-0.1, -0.05) is 42.0 Å². The first kappa shape index (κ1) is 21.9. The van der Waals surface area contributed by atoms with E-state index in [0.717, 1.165) is 40.1 Å². The quantitative estimate of drug-likeness (QED) is 0.481. The Bertz CT molecular complexity index is 1580. The molecule has 180 valence electrons. The zero-order valence-electron chi connectivity index (χ0n) is 20.0. The number of nitrogens with one attached hydrogen (secondary N) is 1. The van der Waals surface area contributed by atoms with Gasteiger partial charge in [0.15, 0.2) is 5.65 Å². The van der Waals surface area contributed by atoms with Crippen LogP contribution in [-0.4, -0.2) is 50.2 Å². The maximum atomic E-state index is 13.6. The molecule has 1 atom stereocenters. The van der Waals surface area contributed by atoms with Crippen LogP contribution in [0.15, 0.2) is 53.5 Å². The smallest absolute Gasteiger partial charge is 0.388 e. The van der Waals surface area contributed by atoms with Crippen molar-refractivity contribution in [1.82, 2.24) is 25.1 Å². The molecule has 0 saturated heterocycles. The molecule has 2 aromatic carbocycles. The monoisotopic (exact) mass is 481 g/mol. The van der Waals surface area contributed by atoms with Crippen LogP contribution < -0.4 is 15.0 Å². The number of ether oxygens (including phenoxy) is 1. The van der Waals surface area contributed by atoms with Crippen LogP contribution in [0.2, 0.25) is 0 Å². The number of fused-ring (bicyclic) bond motifs is 1. The number of anilines is 1. The third-order valence-electron chi connectivity index (χ3n) is 6.40. The second kappa shape index (κ2) is 8.26. The van der Waals surface area contributed by atoms with E-state index < -0.39 is 12.3 Å². The van der Waals surface area contributed by atoms with Crippen molar-refractivity contribution in [3.63, 3.8) is 0 Å². The summed E-state index contributed by atoms with van der Waals surface area (Å²) in [6.45, 7) is 6.12. The van der Waals surface area contributed by atoms with Gasteiger partial charge in [0.2, 0.25) is 6.17 Å². The molecule has 0 spiro atoms. The Morgan fingerprint density at radius 1 is 1.08 bits per heavy atom. The van der Waals surface area contributed by atoms with Crippen LogP contribution in [0.4, 0.5) is 10.5 Å². The number of nitrogens with zero attached hydrogens (tertiary/aromatic N) is 6. The number of aliphatic imine (C=N–C) groups is 1. The van der Waals surface area contributed by atoms with E-state index in [2.05, 4.69) is 26.7 Å². The Hall–Kier alpha value is -4.60. The molecule has 2 aliphatic rings. The molecule has 4 heterocycles. The molecule has 2 aromatic heterocycles. The maximum Gasteiger partial charge on any atom is 0.416 e. The minimum absolute atomic E-state index is 0.00111. The predicted molar refractivity (Wildman–Crippen MR) is 133 cm³/mol. The zero-order chi connectivity index (χ0) is 25.0. The highest BCUT2D eigenvalue weighted by Gasteiger charge is 2.37. The van der Waals surface area contributed by atoms with E-state index in [1.54, 1.807) is 22.4 Å². The first-order valence-electron chi connectivity index (χ1n) is 11.7. The molecule has 2 aliphatic heterocycles. The fourth-order valence-electron chi connectivity index (χ4n) is 4.82. The van der Waals surface area contributed by atoms with Gasteiger partial charge in [-0.25, -0.2) is 14.3 Å². The normalized spacial score (nSPS) is 16.5. The van der Waals surface area contributed by atoms with E-state index >= 15 is 0 Å². The number of hydrogen-bond acceptors (Lipinski definition) is 7. The van der Waals surface area contributed by atoms with Gasteiger partial charge in [-0.3, -0.25) is 10.1 Å². The summed E-state index contributed by atoms with van der Waals surface area (Å²) in [4.78, 5) is 33.0. The summed E-state index contributed by atoms with van der Waals surface area (Å²) >= 11 is 0. The average Bonchev–Trinajstić information content (AvgIpc) is 3.43. The van der Waals surface area contributed by atoms with Gasteiger partial charge in [0.1, 0.15) is 5.69 Å². The summed E-state index contributed by atoms with van der Waals surface area (Å²) in [5.41, 5.74) is 7.23. The molecule has 10 heteroatoms. The highest BCUT2D eigenvalue weighted by atomic mass is 16.6. The topological polar surface area (TPSA) is 114 Å². The Labute approximate surface area is 206 Å². The van der Waals surface area contributed by atoms with Crippen LogP contribution in [0.1, 0.15) is 33.6 Å². The van der Waals surface area contributed by atoms with Gasteiger partial charge >= 0.3 is 6.09 Å². The molecule has 1 N–H and O–H groups in total. The fourth-order valence-corrected chi connectivity index (χ4v) is 4.82. The number of carbonyl (C=O) groups excluding carboxylic acids is 2. The van der Waals surface area contributed by atoms with E-state index in [1.165, 1.54) is 0 Å². The minimum Gasteiger partial charge on any atom is -0.388 e. The minimum atomic E-state index is -1.17. The van der Waals surface area contributed by atoms with E-state index in [9.17, 15) is 9.59 Å². The van der Waals surface area contributed by atoms with Crippen molar-refractivity contribution >= 4 is 29.0 Å². The molecule has 2 amide bonds. The standard InChI is InChI=1S/C26H23N7O3/c1-14-11-18-9-10-32-22(18)19(12-14)21(17-7-5-4-6-8-17)27-23(25(32)34)28-26(35)36-24-16(3)33-20(29-30-24)13-15(2)31-33/h4-8,11-13,23H,9-10H2,1-3H3,(H,28,35)/t23-/m0/s1. The van der Waals surface area contributed by atoms with Gasteiger partial charge in [0.25, 0.3) is 11.8 Å². The molecule has 0 saturated carbocycles. The third kappa shape index (κ3) is 3.58. The van der Waals surface area contributed by atoms with Crippen LogP contribution in [0.3, 0.4) is 0 Å². The fraction of sp³-hybridized carbons (Fsp3) is 0.231. The highest BCUT2D eigenvalue weighted by molar-refractivity contribution is 6.21. The van der Waals surface area contributed by atoms with Crippen molar-refractivity contribution in [3.05, 3.63) is 82.2 Å². The summed E-state index contributed by atoms with van der Waals surface area (Å²) in [5, 5.41) is 15.0. The van der Waals surface area contributed by atoms with Crippen molar-refractivity contribution in [2.75, 3.05) is 11.4 Å². The van der Waals surface area contributed by atoms with E-state index in [0.29, 0.717) is 23.6 Å². The van der Waals surface area contributed by atoms with Crippen LogP contribution >= 0.6 is 0 Å². The first-order valence-corrected chi connectivity index (χ1v) is 11.7. The number of amides is 2. The van der Waals surface area contributed by atoms with E-state index in [-0.39, 0.29) is 11.8 Å². The van der Waals surface area contributed by atoms with Gasteiger partial charge in [-0.2, -0.15) is 5.10 Å². The van der Waals surface area contributed by atoms with Gasteiger partial charge in [-0.15, -0.1) is 10.2 Å². The lowest BCUT2D eigenvalue weighted by Crippen LogP contribution is -2.47. The summed E-state index contributed by atoms with van der Waals surface area (Å²) in [7, 11) is 0. The second-order valence-electron chi connectivity index (χ2n) is 8.99. The number of hydrogen-bond donors (Lipinski definition) is 1.